The number of halogens is 3. The molecule has 12 heavy (non-hydrogen) atoms. The van der Waals surface area contributed by atoms with E-state index in [1.54, 1.807) is 0 Å². The van der Waals surface area contributed by atoms with Gasteiger partial charge in [0.25, 0.3) is 0 Å². The van der Waals surface area contributed by atoms with Crippen molar-refractivity contribution < 1.29 is 9.50 Å². The second kappa shape index (κ2) is 4.21. The van der Waals surface area contributed by atoms with Gasteiger partial charge < -0.3 is 5.11 Å². The van der Waals surface area contributed by atoms with Crippen molar-refractivity contribution >= 4 is 27.5 Å². The second-order valence-electron chi connectivity index (χ2n) is 2.29. The Morgan fingerprint density at radius 3 is 2.67 bits per heavy atom. The van der Waals surface area contributed by atoms with E-state index in [1.807, 2.05) is 0 Å². The monoisotopic (exact) mass is 252 g/mol. The van der Waals surface area contributed by atoms with Crippen molar-refractivity contribution in [3.8, 4) is 0 Å². The van der Waals surface area contributed by atoms with Crippen molar-refractivity contribution in [1.29, 1.82) is 0 Å². The second-order valence-corrected chi connectivity index (χ2v) is 3.23. The third-order valence-electron chi connectivity index (χ3n) is 1.57. The zero-order valence-corrected chi connectivity index (χ0v) is 8.49. The average Bonchev–Trinajstić information content (AvgIpc) is 2.06. The molecule has 0 fully saturated rings. The highest BCUT2D eigenvalue weighted by Gasteiger charge is 2.09. The molecule has 0 atom stereocenters. The molecule has 0 aliphatic heterocycles. The number of alkyl halides is 1. The first-order chi connectivity index (χ1) is 5.70. The van der Waals surface area contributed by atoms with Crippen LogP contribution in [0.15, 0.2) is 12.1 Å². The van der Waals surface area contributed by atoms with Crippen LogP contribution >= 0.6 is 27.5 Å². The Hall–Kier alpha value is -0.120. The minimum Gasteiger partial charge on any atom is -0.392 e. The van der Waals surface area contributed by atoms with Crippen molar-refractivity contribution in [3.63, 3.8) is 0 Å². The van der Waals surface area contributed by atoms with E-state index in [1.165, 1.54) is 12.1 Å². The molecule has 0 aliphatic rings. The fraction of sp³-hybridized carbons (Fsp3) is 0.250. The molecular weight excluding hydrogens is 246 g/mol. The van der Waals surface area contributed by atoms with E-state index in [-0.39, 0.29) is 12.4 Å². The van der Waals surface area contributed by atoms with Gasteiger partial charge in [0.2, 0.25) is 0 Å². The van der Waals surface area contributed by atoms with Crippen molar-refractivity contribution in [1.82, 2.24) is 0 Å². The van der Waals surface area contributed by atoms with Gasteiger partial charge >= 0.3 is 0 Å². The van der Waals surface area contributed by atoms with Gasteiger partial charge in [-0.15, -0.1) is 0 Å². The lowest BCUT2D eigenvalue weighted by molar-refractivity contribution is 0.281. The summed E-state index contributed by atoms with van der Waals surface area (Å²) < 4.78 is 13.0. The Balaban J connectivity index is 3.24. The highest BCUT2D eigenvalue weighted by atomic mass is 79.9. The summed E-state index contributed by atoms with van der Waals surface area (Å²) in [6.45, 7) is -0.168. The maximum Gasteiger partial charge on any atom is 0.128 e. The molecule has 0 aliphatic carbocycles. The predicted octanol–water partition coefficient (Wildman–Crippen LogP) is 2.87. The van der Waals surface area contributed by atoms with Crippen LogP contribution in [0.25, 0.3) is 0 Å². The van der Waals surface area contributed by atoms with Crippen LogP contribution in [0.4, 0.5) is 4.39 Å². The van der Waals surface area contributed by atoms with Gasteiger partial charge in [0.15, 0.2) is 0 Å². The number of aliphatic hydroxyl groups excluding tert-OH is 1. The van der Waals surface area contributed by atoms with Crippen LogP contribution in [0, 0.1) is 5.82 Å². The van der Waals surface area contributed by atoms with E-state index < -0.39 is 0 Å². The Morgan fingerprint density at radius 2 is 2.17 bits per heavy atom. The lowest BCUT2D eigenvalue weighted by Crippen LogP contribution is -1.93. The van der Waals surface area contributed by atoms with E-state index in [4.69, 9.17) is 16.7 Å². The fourth-order valence-corrected chi connectivity index (χ4v) is 1.88. The number of rotatable bonds is 2. The first kappa shape index (κ1) is 9.96. The predicted molar refractivity (Wildman–Crippen MR) is 50.0 cm³/mol. The number of hydrogen-bond donors (Lipinski definition) is 1. The maximum atomic E-state index is 13.0. The fourth-order valence-electron chi connectivity index (χ4n) is 0.891. The largest absolute Gasteiger partial charge is 0.392 e. The zero-order valence-electron chi connectivity index (χ0n) is 6.15. The topological polar surface area (TPSA) is 20.2 Å². The van der Waals surface area contributed by atoms with E-state index in [0.717, 1.165) is 0 Å². The van der Waals surface area contributed by atoms with Crippen LogP contribution in [-0.2, 0) is 11.9 Å². The normalized spacial score (nSPS) is 10.3. The molecular formula is C8H7BrClFO. The molecule has 0 unspecified atom stereocenters. The molecule has 66 valence electrons. The lowest BCUT2D eigenvalue weighted by atomic mass is 10.1. The quantitative estimate of drug-likeness (QED) is 0.804. The van der Waals surface area contributed by atoms with Crippen LogP contribution in [-0.4, -0.2) is 5.11 Å². The average molecular weight is 253 g/mol. The molecule has 0 aromatic heterocycles. The van der Waals surface area contributed by atoms with Gasteiger partial charge in [-0.05, 0) is 11.6 Å². The summed E-state index contributed by atoms with van der Waals surface area (Å²) >= 11 is 8.90. The molecule has 1 aromatic carbocycles. The van der Waals surface area contributed by atoms with Gasteiger partial charge in [0, 0.05) is 10.9 Å². The van der Waals surface area contributed by atoms with Crippen molar-refractivity contribution in [2.45, 2.75) is 11.9 Å². The first-order valence-electron chi connectivity index (χ1n) is 3.33. The van der Waals surface area contributed by atoms with Crippen LogP contribution in [0.1, 0.15) is 11.1 Å². The van der Waals surface area contributed by atoms with Crippen molar-refractivity contribution in [2.75, 3.05) is 0 Å². The van der Waals surface area contributed by atoms with Crippen molar-refractivity contribution in [2.24, 2.45) is 0 Å². The third-order valence-corrected chi connectivity index (χ3v) is 2.60. The minimum absolute atomic E-state index is 0.168. The summed E-state index contributed by atoms with van der Waals surface area (Å²) in [6, 6.07) is 2.78. The zero-order chi connectivity index (χ0) is 9.14. The summed E-state index contributed by atoms with van der Waals surface area (Å²) in [5.41, 5.74) is 0.940. The molecule has 0 heterocycles. The number of benzene rings is 1. The molecule has 1 rings (SSSR count). The standard InChI is InChI=1S/C8H7BrClFO/c9-3-6-7(11)2-1-5(4-12)8(6)10/h1-2,12H,3-4H2. The lowest BCUT2D eigenvalue weighted by Gasteiger charge is -2.05. The van der Waals surface area contributed by atoms with Gasteiger partial charge in [0.05, 0.1) is 11.6 Å². The molecule has 0 saturated carbocycles. The van der Waals surface area contributed by atoms with Gasteiger partial charge in [-0.3, -0.25) is 0 Å². The summed E-state index contributed by atoms with van der Waals surface area (Å²) in [7, 11) is 0. The summed E-state index contributed by atoms with van der Waals surface area (Å²) in [5, 5.41) is 9.46. The van der Waals surface area contributed by atoms with Crippen molar-refractivity contribution in [3.05, 3.63) is 34.1 Å². The summed E-state index contributed by atoms with van der Waals surface area (Å²) in [4.78, 5) is 0. The highest BCUT2D eigenvalue weighted by molar-refractivity contribution is 9.08. The smallest absolute Gasteiger partial charge is 0.128 e. The third kappa shape index (κ3) is 1.79. The van der Waals surface area contributed by atoms with Crippen LogP contribution in [0.2, 0.25) is 5.02 Å². The van der Waals surface area contributed by atoms with Gasteiger partial charge in [-0.1, -0.05) is 33.6 Å². The molecule has 1 aromatic rings. The first-order valence-corrected chi connectivity index (χ1v) is 4.83. The van der Waals surface area contributed by atoms with Crippen LogP contribution < -0.4 is 0 Å². The Morgan fingerprint density at radius 1 is 1.50 bits per heavy atom. The van der Waals surface area contributed by atoms with E-state index in [2.05, 4.69) is 15.9 Å². The SMILES string of the molecule is OCc1ccc(F)c(CBr)c1Cl. The molecule has 0 radical (unpaired) electrons. The molecule has 0 bridgehead atoms. The Kier molecular flexibility index (Phi) is 3.50. The Bertz CT molecular complexity index is 291. The molecule has 0 amide bonds. The molecule has 1 N–H and O–H groups in total. The summed E-state index contributed by atoms with van der Waals surface area (Å²) in [5.74, 6) is -0.353. The highest BCUT2D eigenvalue weighted by Crippen LogP contribution is 2.25. The minimum atomic E-state index is -0.353. The Labute approximate surface area is 83.3 Å². The van der Waals surface area contributed by atoms with Gasteiger partial charge in [0.1, 0.15) is 5.82 Å². The molecule has 4 heteroatoms. The number of hydrogen-bond acceptors (Lipinski definition) is 1. The van der Waals surface area contributed by atoms with E-state index in [9.17, 15) is 4.39 Å². The van der Waals surface area contributed by atoms with Gasteiger partial charge in [-0.25, -0.2) is 4.39 Å². The molecule has 0 spiro atoms. The van der Waals surface area contributed by atoms with E-state index >= 15 is 0 Å². The molecule has 0 saturated heterocycles. The van der Waals surface area contributed by atoms with Gasteiger partial charge in [-0.2, -0.15) is 0 Å². The van der Waals surface area contributed by atoms with Crippen LogP contribution in [0.5, 0.6) is 0 Å². The van der Waals surface area contributed by atoms with E-state index in [0.29, 0.717) is 21.5 Å². The maximum absolute atomic E-state index is 13.0. The van der Waals surface area contributed by atoms with Crippen LogP contribution in [0.3, 0.4) is 0 Å². The summed E-state index contributed by atoms with van der Waals surface area (Å²) in [6.07, 6.45) is 0. The molecule has 1 nitrogen and oxygen atoms in total. The number of aliphatic hydroxyl groups is 1.